The van der Waals surface area contributed by atoms with E-state index in [0.717, 1.165) is 25.7 Å². The number of nitrogens with one attached hydrogen (secondary N) is 1. The molecule has 0 aliphatic carbocycles. The molecule has 4 N–H and O–H groups in total. The Morgan fingerprint density at radius 3 is 1.07 bits per heavy atom. The zero-order valence-electron chi connectivity index (χ0n) is 36.6. The van der Waals surface area contributed by atoms with Crippen LogP contribution in [0.15, 0.2) is 12.2 Å². The second-order valence-corrected chi connectivity index (χ2v) is 17.1. The van der Waals surface area contributed by atoms with Crippen LogP contribution >= 0.6 is 0 Å². The Bertz CT molecular complexity index is 758. The minimum absolute atomic E-state index is 0.0192. The summed E-state index contributed by atoms with van der Waals surface area (Å²) in [5, 5.41) is 33.3. The largest absolute Gasteiger partial charge is 0.394 e. The summed E-state index contributed by atoms with van der Waals surface area (Å²) in [6, 6.07) is -0.740. The molecule has 0 fully saturated rings. The number of amides is 1. The van der Waals surface area contributed by atoms with Crippen LogP contribution in [0.2, 0.25) is 0 Å². The zero-order chi connectivity index (χ0) is 39.4. The van der Waals surface area contributed by atoms with E-state index in [1.54, 1.807) is 6.08 Å². The summed E-state index contributed by atoms with van der Waals surface area (Å²) in [4.78, 5) is 12.5. The smallest absolute Gasteiger partial charge is 0.222 e. The fourth-order valence-corrected chi connectivity index (χ4v) is 7.81. The van der Waals surface area contributed by atoms with Crippen molar-refractivity contribution in [3.63, 3.8) is 0 Å². The normalized spacial score (nSPS) is 13.5. The molecule has 0 aliphatic heterocycles. The van der Waals surface area contributed by atoms with Crippen LogP contribution in [0.4, 0.5) is 0 Å². The molecule has 322 valence electrons. The highest BCUT2D eigenvalue weighted by Crippen LogP contribution is 2.17. The van der Waals surface area contributed by atoms with Gasteiger partial charge in [-0.3, -0.25) is 4.79 Å². The number of carbonyl (C=O) groups excluding carboxylic acids is 1. The SMILES string of the molecule is CCCCCCCCCCCCCCCCCCC/C=C/C(O)C(CO)NC(=O)CC(O)CCCCCCCCCCCCCCCCCCCCCC. The van der Waals surface area contributed by atoms with E-state index in [-0.39, 0.29) is 18.9 Å². The van der Waals surface area contributed by atoms with Gasteiger partial charge in [-0.15, -0.1) is 0 Å². The molecule has 54 heavy (non-hydrogen) atoms. The number of hydrogen-bond acceptors (Lipinski definition) is 4. The summed E-state index contributed by atoms with van der Waals surface area (Å²) in [6.07, 6.45) is 53.7. The lowest BCUT2D eigenvalue weighted by atomic mass is 10.0. The van der Waals surface area contributed by atoms with Crippen LogP contribution in [0.25, 0.3) is 0 Å². The van der Waals surface area contributed by atoms with Gasteiger partial charge in [0.25, 0.3) is 0 Å². The first kappa shape index (κ1) is 53.1. The van der Waals surface area contributed by atoms with Crippen molar-refractivity contribution in [1.29, 1.82) is 0 Å². The first-order valence-corrected chi connectivity index (χ1v) is 24.5. The van der Waals surface area contributed by atoms with Crippen molar-refractivity contribution in [1.82, 2.24) is 5.32 Å². The summed E-state index contributed by atoms with van der Waals surface area (Å²) in [5.74, 6) is -0.310. The third-order valence-electron chi connectivity index (χ3n) is 11.6. The van der Waals surface area contributed by atoms with Crippen LogP contribution in [0, 0.1) is 0 Å². The van der Waals surface area contributed by atoms with Gasteiger partial charge in [-0.05, 0) is 19.3 Å². The van der Waals surface area contributed by atoms with Crippen molar-refractivity contribution < 1.29 is 20.1 Å². The molecule has 0 aromatic carbocycles. The molecule has 0 radical (unpaired) electrons. The lowest BCUT2D eigenvalue weighted by Crippen LogP contribution is -2.45. The van der Waals surface area contributed by atoms with Crippen molar-refractivity contribution >= 4 is 5.91 Å². The maximum Gasteiger partial charge on any atom is 0.222 e. The third-order valence-corrected chi connectivity index (χ3v) is 11.6. The minimum Gasteiger partial charge on any atom is -0.394 e. The molecule has 3 unspecified atom stereocenters. The van der Waals surface area contributed by atoms with Gasteiger partial charge in [-0.25, -0.2) is 0 Å². The monoisotopic (exact) mass is 764 g/mol. The molecule has 0 rings (SSSR count). The Kier molecular flexibility index (Phi) is 44.0. The molecule has 1 amide bonds. The number of unbranched alkanes of at least 4 members (excludes halogenated alkanes) is 36. The van der Waals surface area contributed by atoms with E-state index < -0.39 is 18.2 Å². The van der Waals surface area contributed by atoms with Crippen LogP contribution in [-0.4, -0.2) is 46.1 Å². The van der Waals surface area contributed by atoms with Crippen LogP contribution in [0.3, 0.4) is 0 Å². The third kappa shape index (κ3) is 40.7. The lowest BCUT2D eigenvalue weighted by molar-refractivity contribution is -0.124. The van der Waals surface area contributed by atoms with E-state index >= 15 is 0 Å². The molecule has 0 spiro atoms. The lowest BCUT2D eigenvalue weighted by Gasteiger charge is -2.21. The fraction of sp³-hybridized carbons (Fsp3) is 0.939. The van der Waals surface area contributed by atoms with Crippen molar-refractivity contribution in [3.05, 3.63) is 12.2 Å². The molecule has 5 heteroatoms. The Hall–Kier alpha value is -0.910. The highest BCUT2D eigenvalue weighted by Gasteiger charge is 2.20. The average Bonchev–Trinajstić information content (AvgIpc) is 3.16. The number of carbonyl (C=O) groups is 1. The molecule has 0 bridgehead atoms. The van der Waals surface area contributed by atoms with Gasteiger partial charge in [-0.1, -0.05) is 257 Å². The van der Waals surface area contributed by atoms with E-state index in [4.69, 9.17) is 0 Å². The Morgan fingerprint density at radius 2 is 0.759 bits per heavy atom. The summed E-state index contributed by atoms with van der Waals surface area (Å²) >= 11 is 0. The van der Waals surface area contributed by atoms with Crippen molar-refractivity contribution in [3.8, 4) is 0 Å². The highest BCUT2D eigenvalue weighted by atomic mass is 16.3. The number of allylic oxidation sites excluding steroid dienone is 1. The average molecular weight is 764 g/mol. The van der Waals surface area contributed by atoms with Crippen LogP contribution in [0.5, 0.6) is 0 Å². The molecule has 0 saturated carbocycles. The fourth-order valence-electron chi connectivity index (χ4n) is 7.81. The highest BCUT2D eigenvalue weighted by molar-refractivity contribution is 5.76. The van der Waals surface area contributed by atoms with Gasteiger partial charge in [0.05, 0.1) is 31.3 Å². The standard InChI is InChI=1S/C49H97NO4/c1-3-5-7-9-11-13-15-17-19-21-23-25-26-28-30-32-34-36-38-40-42-46(52)44-49(54)50-47(45-51)48(53)43-41-39-37-35-33-31-29-27-24-22-20-18-16-14-12-10-8-6-4-2/h41,43,46-48,51-53H,3-40,42,44-45H2,1-2H3,(H,50,54)/b43-41+. The van der Waals surface area contributed by atoms with Gasteiger partial charge in [0.15, 0.2) is 0 Å². The molecule has 5 nitrogen and oxygen atoms in total. The molecular weight excluding hydrogens is 667 g/mol. The summed E-state index contributed by atoms with van der Waals surface area (Å²) in [5.41, 5.74) is 0. The molecule has 0 aromatic heterocycles. The van der Waals surface area contributed by atoms with Gasteiger partial charge in [0.2, 0.25) is 5.91 Å². The first-order valence-electron chi connectivity index (χ1n) is 24.5. The molecule has 3 atom stereocenters. The molecular formula is C49H97NO4. The maximum absolute atomic E-state index is 12.5. The minimum atomic E-state index is -0.925. The van der Waals surface area contributed by atoms with Crippen molar-refractivity contribution in [2.75, 3.05) is 6.61 Å². The summed E-state index contributed by atoms with van der Waals surface area (Å²) < 4.78 is 0. The van der Waals surface area contributed by atoms with Gasteiger partial charge < -0.3 is 20.6 Å². The maximum atomic E-state index is 12.5. The number of aliphatic hydroxyl groups is 3. The van der Waals surface area contributed by atoms with E-state index in [1.807, 2.05) is 6.08 Å². The predicted molar refractivity (Wildman–Crippen MR) is 236 cm³/mol. The number of hydrogen-bond donors (Lipinski definition) is 4. The zero-order valence-corrected chi connectivity index (χ0v) is 36.6. The van der Waals surface area contributed by atoms with Gasteiger partial charge in [0, 0.05) is 0 Å². The van der Waals surface area contributed by atoms with Crippen LogP contribution in [0.1, 0.15) is 271 Å². The molecule has 0 aromatic rings. The van der Waals surface area contributed by atoms with E-state index in [1.165, 1.54) is 218 Å². The van der Waals surface area contributed by atoms with Crippen molar-refractivity contribution in [2.45, 2.75) is 289 Å². The summed E-state index contributed by atoms with van der Waals surface area (Å²) in [7, 11) is 0. The Morgan fingerprint density at radius 1 is 0.463 bits per heavy atom. The van der Waals surface area contributed by atoms with E-state index in [9.17, 15) is 20.1 Å². The van der Waals surface area contributed by atoms with E-state index in [2.05, 4.69) is 19.2 Å². The second-order valence-electron chi connectivity index (χ2n) is 17.1. The second kappa shape index (κ2) is 44.8. The Balaban J connectivity index is 3.59. The van der Waals surface area contributed by atoms with Gasteiger partial charge >= 0.3 is 0 Å². The molecule has 0 heterocycles. The summed E-state index contributed by atoms with van der Waals surface area (Å²) in [6.45, 7) is 4.24. The molecule has 0 aliphatic rings. The topological polar surface area (TPSA) is 89.8 Å². The number of aliphatic hydroxyl groups excluding tert-OH is 3. The van der Waals surface area contributed by atoms with Gasteiger partial charge in [-0.2, -0.15) is 0 Å². The van der Waals surface area contributed by atoms with Crippen LogP contribution < -0.4 is 5.32 Å². The predicted octanol–water partition coefficient (Wildman–Crippen LogP) is 14.4. The molecule has 0 saturated heterocycles. The van der Waals surface area contributed by atoms with Crippen molar-refractivity contribution in [2.24, 2.45) is 0 Å². The quantitative estimate of drug-likeness (QED) is 0.0367. The Labute approximate surface area is 338 Å². The van der Waals surface area contributed by atoms with Crippen LogP contribution in [-0.2, 0) is 4.79 Å². The first-order chi connectivity index (χ1) is 26.5. The van der Waals surface area contributed by atoms with Gasteiger partial charge in [0.1, 0.15) is 0 Å². The number of rotatable bonds is 45. The van der Waals surface area contributed by atoms with E-state index in [0.29, 0.717) is 6.42 Å².